The first-order valence-corrected chi connectivity index (χ1v) is 15.7. The average molecular weight is 640 g/mol. The second-order valence-electron chi connectivity index (χ2n) is 14.6. The van der Waals surface area contributed by atoms with Crippen molar-refractivity contribution in [3.63, 3.8) is 0 Å². The molecule has 2 aliphatic heterocycles. The van der Waals surface area contributed by atoms with Gasteiger partial charge in [-0.25, -0.2) is 4.79 Å². The van der Waals surface area contributed by atoms with Crippen molar-refractivity contribution < 1.29 is 33.6 Å². The zero-order chi connectivity index (χ0) is 34.1. The summed E-state index contributed by atoms with van der Waals surface area (Å²) < 4.78 is 0. The van der Waals surface area contributed by atoms with E-state index in [1.807, 2.05) is 20.8 Å². The Labute approximate surface area is 268 Å². The molecular weight excluding hydrogens is 594 g/mol. The predicted molar refractivity (Wildman–Crippen MR) is 166 cm³/mol. The van der Waals surface area contributed by atoms with E-state index in [-0.39, 0.29) is 30.1 Å². The fourth-order valence-corrected chi connectivity index (χ4v) is 5.83. The highest BCUT2D eigenvalue weighted by Gasteiger charge is 2.44. The number of pyridine rings is 1. The first-order valence-electron chi connectivity index (χ1n) is 15.7. The van der Waals surface area contributed by atoms with Gasteiger partial charge in [0, 0.05) is 18.9 Å². The van der Waals surface area contributed by atoms with E-state index >= 15 is 0 Å². The number of ketones is 1. The molecule has 3 heterocycles. The number of nitrogens with two attached hydrogens (primary N) is 1. The standard InChI is InChI=1S/C32H45N7O7/c1-31(2,3)22(16-39-27(43)18-11-12-34-15-19(18)28(39)44)36-30(46)37-24(32(4,5)6)29(45)38-13-7-8-21(38)26(42)35-20(14-17-9-10-17)23(40)25(33)41/h11-12,15,17,20-22,24H,7-10,13-14,16H2,1-6H3,(H2,33,41)(H,35,42)(H2,36,37,46)/t20?,21-,22+,24+/m0/s1. The van der Waals surface area contributed by atoms with Gasteiger partial charge in [-0.1, -0.05) is 54.4 Å². The molecule has 0 bridgehead atoms. The van der Waals surface area contributed by atoms with Gasteiger partial charge in [-0.05, 0) is 42.1 Å². The second kappa shape index (κ2) is 13.2. The molecule has 0 aromatic carbocycles. The van der Waals surface area contributed by atoms with Crippen LogP contribution in [0.1, 0.15) is 94.4 Å². The van der Waals surface area contributed by atoms with Crippen molar-refractivity contribution in [3.05, 3.63) is 29.6 Å². The molecule has 0 radical (unpaired) electrons. The zero-order valence-corrected chi connectivity index (χ0v) is 27.3. The molecule has 3 aliphatic rings. The molecule has 4 atom stereocenters. The van der Waals surface area contributed by atoms with E-state index in [4.69, 9.17) is 5.73 Å². The summed E-state index contributed by atoms with van der Waals surface area (Å²) in [4.78, 5) is 97.3. The van der Waals surface area contributed by atoms with Gasteiger partial charge in [-0.15, -0.1) is 0 Å². The molecule has 7 amide bonds. The Morgan fingerprint density at radius 1 is 0.935 bits per heavy atom. The third kappa shape index (κ3) is 7.71. The van der Waals surface area contributed by atoms with Gasteiger partial charge in [0.05, 0.1) is 29.8 Å². The van der Waals surface area contributed by atoms with Gasteiger partial charge in [-0.3, -0.25) is 38.7 Å². The molecule has 1 saturated carbocycles. The van der Waals surface area contributed by atoms with E-state index in [0.29, 0.717) is 19.3 Å². The highest BCUT2D eigenvalue weighted by Crippen LogP contribution is 2.34. The van der Waals surface area contributed by atoms with Crippen LogP contribution in [-0.2, 0) is 19.2 Å². The molecule has 1 aromatic rings. The maximum atomic E-state index is 14.0. The third-order valence-corrected chi connectivity index (χ3v) is 8.86. The fraction of sp³-hybridized carbons (Fsp3) is 0.625. The Morgan fingerprint density at radius 3 is 2.15 bits per heavy atom. The van der Waals surface area contributed by atoms with Crippen molar-refractivity contribution in [1.29, 1.82) is 0 Å². The van der Waals surface area contributed by atoms with E-state index in [1.54, 1.807) is 20.8 Å². The Balaban J connectivity index is 1.46. The molecule has 250 valence electrons. The van der Waals surface area contributed by atoms with E-state index in [0.717, 1.165) is 17.7 Å². The van der Waals surface area contributed by atoms with Gasteiger partial charge < -0.3 is 26.6 Å². The lowest BCUT2D eigenvalue weighted by Crippen LogP contribution is -2.62. The van der Waals surface area contributed by atoms with E-state index in [1.165, 1.54) is 23.4 Å². The number of rotatable bonds is 11. The molecule has 0 spiro atoms. The minimum Gasteiger partial charge on any atom is -0.363 e. The summed E-state index contributed by atoms with van der Waals surface area (Å²) in [5.41, 5.74) is 4.30. The monoisotopic (exact) mass is 639 g/mol. The first-order chi connectivity index (χ1) is 21.4. The van der Waals surface area contributed by atoms with Crippen LogP contribution < -0.4 is 21.7 Å². The minimum atomic E-state index is -1.12. The van der Waals surface area contributed by atoms with Gasteiger partial charge in [0.15, 0.2) is 0 Å². The summed E-state index contributed by atoms with van der Waals surface area (Å²) >= 11 is 0. The largest absolute Gasteiger partial charge is 0.363 e. The highest BCUT2D eigenvalue weighted by molar-refractivity contribution is 6.37. The lowest BCUT2D eigenvalue weighted by Gasteiger charge is -2.37. The summed E-state index contributed by atoms with van der Waals surface area (Å²) in [5, 5.41) is 8.30. The Kier molecular flexibility index (Phi) is 9.88. The summed E-state index contributed by atoms with van der Waals surface area (Å²) in [7, 11) is 0. The zero-order valence-electron chi connectivity index (χ0n) is 27.3. The van der Waals surface area contributed by atoms with Crippen molar-refractivity contribution in [2.75, 3.05) is 13.1 Å². The number of carbonyl (C=O) groups excluding carboxylic acids is 7. The van der Waals surface area contributed by atoms with Crippen LogP contribution in [0.25, 0.3) is 0 Å². The smallest absolute Gasteiger partial charge is 0.315 e. The SMILES string of the molecule is CC(C)(C)[C@H](NC(=O)N[C@H](CN1C(=O)c2ccncc2C1=O)C(C)(C)C)C(=O)N1CCC[C@H]1C(=O)NC(CC1CC1)C(=O)C(N)=O. The van der Waals surface area contributed by atoms with Crippen LogP contribution in [0.4, 0.5) is 4.79 Å². The number of carbonyl (C=O) groups is 7. The Hall–Kier alpha value is -4.36. The van der Waals surface area contributed by atoms with Crippen LogP contribution in [0.3, 0.4) is 0 Å². The lowest BCUT2D eigenvalue weighted by molar-refractivity contribution is -0.143. The molecule has 4 rings (SSSR count). The molecule has 1 unspecified atom stereocenters. The van der Waals surface area contributed by atoms with Gasteiger partial charge in [-0.2, -0.15) is 0 Å². The maximum Gasteiger partial charge on any atom is 0.315 e. The van der Waals surface area contributed by atoms with E-state index in [9.17, 15) is 33.6 Å². The second-order valence-corrected chi connectivity index (χ2v) is 14.6. The van der Waals surface area contributed by atoms with Crippen LogP contribution in [0.15, 0.2) is 18.5 Å². The van der Waals surface area contributed by atoms with Crippen molar-refractivity contribution in [1.82, 2.24) is 30.7 Å². The molecule has 5 N–H and O–H groups in total. The van der Waals surface area contributed by atoms with E-state index < -0.39 is 76.3 Å². The number of fused-ring (bicyclic) bond motifs is 1. The number of hydrogen-bond acceptors (Lipinski definition) is 8. The number of likely N-dealkylation sites (tertiary alicyclic amines) is 1. The van der Waals surface area contributed by atoms with Gasteiger partial charge in [0.2, 0.25) is 17.6 Å². The minimum absolute atomic E-state index is 0.0994. The average Bonchev–Trinajstić information content (AvgIpc) is 3.59. The maximum absolute atomic E-state index is 14.0. The summed E-state index contributed by atoms with van der Waals surface area (Å²) in [5.74, 6) is -3.75. The number of imide groups is 1. The molecule has 1 aliphatic carbocycles. The molecule has 14 heteroatoms. The van der Waals surface area contributed by atoms with Crippen LogP contribution in [0.5, 0.6) is 0 Å². The van der Waals surface area contributed by atoms with Gasteiger partial charge in [0.1, 0.15) is 12.1 Å². The van der Waals surface area contributed by atoms with Crippen LogP contribution in [0, 0.1) is 16.7 Å². The quantitative estimate of drug-likeness (QED) is 0.204. The number of Topliss-reactive ketones (excluding diaryl/α,β-unsaturated/α-hetero) is 1. The van der Waals surface area contributed by atoms with Crippen molar-refractivity contribution in [3.8, 4) is 0 Å². The van der Waals surface area contributed by atoms with Gasteiger partial charge >= 0.3 is 6.03 Å². The molecule has 1 aromatic heterocycles. The molecule has 14 nitrogen and oxygen atoms in total. The van der Waals surface area contributed by atoms with Crippen molar-refractivity contribution in [2.45, 2.75) is 97.8 Å². The Bertz CT molecular complexity index is 1390. The van der Waals surface area contributed by atoms with E-state index in [2.05, 4.69) is 20.9 Å². The molecule has 1 saturated heterocycles. The number of aromatic nitrogens is 1. The number of urea groups is 1. The normalized spacial score (nSPS) is 20.1. The lowest BCUT2D eigenvalue weighted by atomic mass is 9.85. The van der Waals surface area contributed by atoms with Crippen LogP contribution >= 0.6 is 0 Å². The topological polar surface area (TPSA) is 201 Å². The molecule has 2 fully saturated rings. The predicted octanol–water partition coefficient (Wildman–Crippen LogP) is 1.14. The number of nitrogens with zero attached hydrogens (tertiary/aromatic N) is 3. The molecule has 46 heavy (non-hydrogen) atoms. The van der Waals surface area contributed by atoms with Crippen molar-refractivity contribution >= 4 is 41.4 Å². The molecular formula is C32H45N7O7. The van der Waals surface area contributed by atoms with Crippen LogP contribution in [-0.4, -0.2) is 93.4 Å². The highest BCUT2D eigenvalue weighted by atomic mass is 16.2. The van der Waals surface area contributed by atoms with Crippen molar-refractivity contribution in [2.24, 2.45) is 22.5 Å². The third-order valence-electron chi connectivity index (χ3n) is 8.86. The summed E-state index contributed by atoms with van der Waals surface area (Å²) in [6.07, 6.45) is 5.78. The number of nitrogens with one attached hydrogen (secondary N) is 3. The first kappa shape index (κ1) is 34.5. The summed E-state index contributed by atoms with van der Waals surface area (Å²) in [6, 6.07) is -2.88. The van der Waals surface area contributed by atoms with Gasteiger partial charge in [0.25, 0.3) is 17.7 Å². The Morgan fingerprint density at radius 2 is 1.59 bits per heavy atom. The number of primary amides is 1. The van der Waals surface area contributed by atoms with Crippen LogP contribution in [0.2, 0.25) is 0 Å². The number of amides is 7. The number of hydrogen-bond donors (Lipinski definition) is 4. The fourth-order valence-electron chi connectivity index (χ4n) is 5.83. The summed E-state index contributed by atoms with van der Waals surface area (Å²) in [6.45, 7) is 11.1.